The van der Waals surface area contributed by atoms with E-state index < -0.39 is 58.6 Å². The molecule has 250 valence electrons. The van der Waals surface area contributed by atoms with Crippen molar-refractivity contribution >= 4 is 23.2 Å². The predicted molar refractivity (Wildman–Crippen MR) is 160 cm³/mol. The molecular formula is C31H31F5N6O5. The summed E-state index contributed by atoms with van der Waals surface area (Å²) < 4.78 is 80.0. The average Bonchev–Trinajstić information content (AvgIpc) is 3.53. The van der Waals surface area contributed by atoms with Gasteiger partial charge in [0.05, 0.1) is 12.7 Å². The van der Waals surface area contributed by atoms with Crippen LogP contribution in [0.25, 0.3) is 16.8 Å². The second-order valence-corrected chi connectivity index (χ2v) is 11.3. The minimum atomic E-state index is -4.62. The number of esters is 1. The molecule has 0 radical (unpaired) electrons. The molecule has 1 N–H and O–H groups in total. The van der Waals surface area contributed by atoms with E-state index in [-0.39, 0.29) is 30.6 Å². The van der Waals surface area contributed by atoms with Crippen LogP contribution >= 0.6 is 0 Å². The number of alkyl halides is 3. The van der Waals surface area contributed by atoms with E-state index in [9.17, 15) is 32.3 Å². The van der Waals surface area contributed by atoms with E-state index in [4.69, 9.17) is 4.74 Å². The average molecular weight is 663 g/mol. The van der Waals surface area contributed by atoms with Crippen LogP contribution in [0.2, 0.25) is 0 Å². The van der Waals surface area contributed by atoms with Crippen molar-refractivity contribution in [3.63, 3.8) is 0 Å². The summed E-state index contributed by atoms with van der Waals surface area (Å²) in [5.74, 6) is -5.07. The molecule has 4 aromatic rings. The highest BCUT2D eigenvalue weighted by molar-refractivity contribution is 5.97. The lowest BCUT2D eigenvalue weighted by Crippen LogP contribution is -2.49. The largest absolute Gasteiger partial charge is 0.467 e. The summed E-state index contributed by atoms with van der Waals surface area (Å²) in [7, 11) is 3.93. The lowest BCUT2D eigenvalue weighted by molar-refractivity contribution is -0.152. The van der Waals surface area contributed by atoms with Crippen LogP contribution in [0.15, 0.2) is 46.2 Å². The number of hydrogen-bond acceptors (Lipinski definition) is 7. The number of nitrogens with zero attached hydrogens (tertiary/aromatic N) is 5. The molecule has 11 nitrogen and oxygen atoms in total. The van der Waals surface area contributed by atoms with E-state index in [1.165, 1.54) is 24.9 Å². The van der Waals surface area contributed by atoms with Crippen molar-refractivity contribution in [1.82, 2.24) is 23.8 Å². The van der Waals surface area contributed by atoms with E-state index in [1.807, 2.05) is 0 Å². The van der Waals surface area contributed by atoms with Crippen molar-refractivity contribution in [3.8, 4) is 11.1 Å². The molecule has 0 saturated carbocycles. The standard InChI is InChI=1S/C31H31F5N6O5/c1-16-24(28(44)40(3)30(46)39(16)2)19-9-8-17(42-12-10-37-26(19)42)15-22(29(45)47-4)38-27(43)25-20(32)13-18(14-21(25)33)41-11-6-5-7-23(41)31(34,35)36/h8-10,12-14,22-23H,5-7,11,15H2,1-4H3,(H,38,43)/t22-,23-/m0/s1. The summed E-state index contributed by atoms with van der Waals surface area (Å²) in [4.78, 5) is 56.6. The zero-order chi connectivity index (χ0) is 34.4. The van der Waals surface area contributed by atoms with Crippen LogP contribution < -0.4 is 21.5 Å². The minimum Gasteiger partial charge on any atom is -0.467 e. The zero-order valence-electron chi connectivity index (χ0n) is 25.8. The van der Waals surface area contributed by atoms with Crippen molar-refractivity contribution in [2.75, 3.05) is 18.6 Å². The lowest BCUT2D eigenvalue weighted by atomic mass is 10.00. The van der Waals surface area contributed by atoms with Gasteiger partial charge >= 0.3 is 17.8 Å². The molecule has 1 amide bonds. The molecule has 1 aliphatic rings. The van der Waals surface area contributed by atoms with Gasteiger partial charge in [0, 0.05) is 62.1 Å². The smallest absolute Gasteiger partial charge is 0.408 e. The molecule has 2 atom stereocenters. The maximum Gasteiger partial charge on any atom is 0.408 e. The molecule has 47 heavy (non-hydrogen) atoms. The molecule has 16 heteroatoms. The van der Waals surface area contributed by atoms with E-state index in [1.54, 1.807) is 29.7 Å². The third-order valence-electron chi connectivity index (χ3n) is 8.53. The number of carbonyl (C=O) groups excluding carboxylic acids is 2. The topological polar surface area (TPSA) is 120 Å². The number of rotatable bonds is 7. The van der Waals surface area contributed by atoms with Gasteiger partial charge in [-0.3, -0.25) is 14.2 Å². The van der Waals surface area contributed by atoms with Gasteiger partial charge in [-0.25, -0.2) is 23.4 Å². The van der Waals surface area contributed by atoms with E-state index in [0.29, 0.717) is 47.6 Å². The summed E-state index contributed by atoms with van der Waals surface area (Å²) in [5.41, 5.74) is -0.820. The maximum absolute atomic E-state index is 15.2. The van der Waals surface area contributed by atoms with Crippen molar-refractivity contribution in [1.29, 1.82) is 0 Å². The Balaban J connectivity index is 1.46. The van der Waals surface area contributed by atoms with Gasteiger partial charge in [-0.15, -0.1) is 0 Å². The number of carbonyl (C=O) groups is 2. The monoisotopic (exact) mass is 662 g/mol. The molecule has 0 aliphatic carbocycles. The Kier molecular flexibility index (Phi) is 8.97. The molecule has 1 aromatic carbocycles. The van der Waals surface area contributed by atoms with Gasteiger partial charge in [0.25, 0.3) is 11.5 Å². The summed E-state index contributed by atoms with van der Waals surface area (Å²) in [6.45, 7) is 1.54. The SMILES string of the molecule is COC(=O)[C@H](Cc1ccc(-c2c(C)n(C)c(=O)n(C)c2=O)c2nccn12)NC(=O)c1c(F)cc(N2CCCC[C@H]2C(F)(F)F)cc1F. The van der Waals surface area contributed by atoms with Gasteiger partial charge in [0.15, 0.2) is 0 Å². The molecule has 4 heterocycles. The number of ether oxygens (including phenoxy) is 1. The Morgan fingerprint density at radius 3 is 2.40 bits per heavy atom. The number of pyridine rings is 1. The molecule has 0 unspecified atom stereocenters. The summed E-state index contributed by atoms with van der Waals surface area (Å²) >= 11 is 0. The summed E-state index contributed by atoms with van der Waals surface area (Å²) in [5, 5.41) is 2.28. The lowest BCUT2D eigenvalue weighted by Gasteiger charge is -2.38. The number of hydrogen-bond donors (Lipinski definition) is 1. The van der Waals surface area contributed by atoms with Crippen molar-refractivity contribution < 1.29 is 36.3 Å². The van der Waals surface area contributed by atoms with Gasteiger partial charge in [-0.1, -0.05) is 0 Å². The highest BCUT2D eigenvalue weighted by atomic mass is 19.4. The highest BCUT2D eigenvalue weighted by Crippen LogP contribution is 2.36. The Bertz CT molecular complexity index is 1980. The molecule has 1 aliphatic heterocycles. The molecule has 5 rings (SSSR count). The third kappa shape index (κ3) is 6.11. The first-order valence-electron chi connectivity index (χ1n) is 14.6. The number of methoxy groups -OCH3 is 1. The van der Waals surface area contributed by atoms with Gasteiger partial charge in [-0.05, 0) is 50.5 Å². The molecule has 0 bridgehead atoms. The van der Waals surface area contributed by atoms with Crippen molar-refractivity contribution in [2.45, 2.75) is 50.9 Å². The van der Waals surface area contributed by atoms with Crippen LogP contribution in [0, 0.1) is 18.6 Å². The highest BCUT2D eigenvalue weighted by Gasteiger charge is 2.45. The van der Waals surface area contributed by atoms with Crippen LogP contribution in [0.3, 0.4) is 0 Å². The van der Waals surface area contributed by atoms with Crippen LogP contribution in [0.5, 0.6) is 0 Å². The van der Waals surface area contributed by atoms with Crippen LogP contribution in [0.1, 0.15) is 41.0 Å². The van der Waals surface area contributed by atoms with Gasteiger partial charge in [-0.2, -0.15) is 13.2 Å². The van der Waals surface area contributed by atoms with Crippen molar-refractivity contribution in [3.05, 3.63) is 86.1 Å². The van der Waals surface area contributed by atoms with E-state index in [2.05, 4.69) is 10.3 Å². The number of benzene rings is 1. The first kappa shape index (κ1) is 33.3. The molecule has 1 fully saturated rings. The van der Waals surface area contributed by atoms with E-state index in [0.717, 1.165) is 16.6 Å². The Morgan fingerprint density at radius 1 is 1.09 bits per heavy atom. The van der Waals surface area contributed by atoms with E-state index >= 15 is 8.78 Å². The first-order chi connectivity index (χ1) is 22.1. The van der Waals surface area contributed by atoms with Gasteiger partial charge in [0.1, 0.15) is 34.9 Å². The zero-order valence-corrected chi connectivity index (χ0v) is 25.8. The fourth-order valence-electron chi connectivity index (χ4n) is 5.98. The number of piperidine rings is 1. The molecule has 1 saturated heterocycles. The second-order valence-electron chi connectivity index (χ2n) is 11.3. The maximum atomic E-state index is 15.2. The van der Waals surface area contributed by atoms with Gasteiger partial charge in [0.2, 0.25) is 0 Å². The predicted octanol–water partition coefficient (Wildman–Crippen LogP) is 3.42. The number of halogens is 5. The summed E-state index contributed by atoms with van der Waals surface area (Å²) in [6.07, 6.45) is -1.43. The molecule has 3 aromatic heterocycles. The van der Waals surface area contributed by atoms with Crippen LogP contribution in [-0.4, -0.2) is 62.3 Å². The number of fused-ring (bicyclic) bond motifs is 1. The van der Waals surface area contributed by atoms with Crippen LogP contribution in [-0.2, 0) is 30.0 Å². The minimum absolute atomic E-state index is 0.0724. The number of imidazole rings is 1. The molecule has 0 spiro atoms. The first-order valence-corrected chi connectivity index (χ1v) is 14.6. The summed E-state index contributed by atoms with van der Waals surface area (Å²) in [6, 6.07) is 1.08. The Morgan fingerprint density at radius 2 is 1.77 bits per heavy atom. The number of amides is 1. The normalized spacial score (nSPS) is 15.9. The fraction of sp³-hybridized carbons (Fsp3) is 0.387. The number of nitrogens with one attached hydrogen (secondary N) is 1. The van der Waals surface area contributed by atoms with Crippen molar-refractivity contribution in [2.24, 2.45) is 14.1 Å². The second kappa shape index (κ2) is 12.6. The van der Waals surface area contributed by atoms with Crippen LogP contribution in [0.4, 0.5) is 27.6 Å². The quantitative estimate of drug-likeness (QED) is 0.238. The number of aromatic nitrogens is 4. The Labute approximate surface area is 264 Å². The molecular weight excluding hydrogens is 631 g/mol. The fourth-order valence-corrected chi connectivity index (χ4v) is 5.98. The third-order valence-corrected chi connectivity index (χ3v) is 8.53. The number of anilines is 1. The van der Waals surface area contributed by atoms with Gasteiger partial charge < -0.3 is 23.9 Å². The Hall–Kier alpha value is -5.02.